The van der Waals surface area contributed by atoms with Crippen LogP contribution in [0, 0.1) is 5.92 Å². The lowest BCUT2D eigenvalue weighted by Gasteiger charge is -2.34. The van der Waals surface area contributed by atoms with E-state index in [4.69, 9.17) is 33.7 Å². The van der Waals surface area contributed by atoms with Gasteiger partial charge in [-0.05, 0) is 76.8 Å². The second kappa shape index (κ2) is 19.3. The molecule has 352 valence electrons. The molecular weight excluding hydrogens is 869 g/mol. The van der Waals surface area contributed by atoms with Crippen LogP contribution in [0.1, 0.15) is 67.4 Å². The number of rotatable bonds is 11. The second-order valence-corrected chi connectivity index (χ2v) is 17.7. The minimum absolute atomic E-state index is 0.116. The summed E-state index contributed by atoms with van der Waals surface area (Å²) in [6, 6.07) is 27.7. The zero-order valence-corrected chi connectivity index (χ0v) is 37.9. The third kappa shape index (κ3) is 9.03. The van der Waals surface area contributed by atoms with E-state index in [0.717, 1.165) is 57.3 Å². The molecule has 0 aliphatic carbocycles. The maximum atomic E-state index is 14.4. The molecular formula is C51H54N8O9. The Morgan fingerprint density at radius 2 is 1.28 bits per heavy atom. The van der Waals surface area contributed by atoms with Crippen LogP contribution in [0.15, 0.2) is 103 Å². The number of hydrogen-bond acceptors (Lipinski definition) is 11. The van der Waals surface area contributed by atoms with Crippen LogP contribution in [0.2, 0.25) is 0 Å². The molecule has 17 nitrogen and oxygen atoms in total. The maximum Gasteiger partial charge on any atom is 0.407 e. The zero-order chi connectivity index (χ0) is 46.8. The van der Waals surface area contributed by atoms with Crippen LogP contribution in [0.5, 0.6) is 0 Å². The number of aromatic amines is 2. The van der Waals surface area contributed by atoms with Gasteiger partial charge in [-0.1, -0.05) is 78.9 Å². The smallest absolute Gasteiger partial charge is 0.407 e. The Labute approximate surface area is 392 Å². The molecule has 4 fully saturated rings. The third-order valence-corrected chi connectivity index (χ3v) is 13.7. The van der Waals surface area contributed by atoms with Gasteiger partial charge >= 0.3 is 12.2 Å². The highest BCUT2D eigenvalue weighted by Crippen LogP contribution is 2.43. The zero-order valence-electron chi connectivity index (χ0n) is 37.9. The molecule has 4 aliphatic heterocycles. The number of benzene rings is 4. The van der Waals surface area contributed by atoms with E-state index in [1.807, 2.05) is 36.5 Å². The number of alkyl carbamates (subject to hydrolysis) is 2. The molecule has 1 spiro atoms. The van der Waals surface area contributed by atoms with Crippen molar-refractivity contribution in [3.63, 3.8) is 0 Å². The van der Waals surface area contributed by atoms with Gasteiger partial charge in [0.1, 0.15) is 23.7 Å². The van der Waals surface area contributed by atoms with Crippen molar-refractivity contribution in [3.8, 4) is 33.6 Å². The van der Waals surface area contributed by atoms with Crippen molar-refractivity contribution in [3.05, 3.63) is 121 Å². The number of ether oxygens (including phenoxy) is 5. The molecule has 0 bridgehead atoms. The fourth-order valence-corrected chi connectivity index (χ4v) is 10.1. The maximum absolute atomic E-state index is 14.4. The molecule has 6 heterocycles. The summed E-state index contributed by atoms with van der Waals surface area (Å²) in [5, 5.41) is 7.68. The minimum atomic E-state index is -0.952. The van der Waals surface area contributed by atoms with Gasteiger partial charge < -0.3 is 54.1 Å². The van der Waals surface area contributed by atoms with Gasteiger partial charge in [0.15, 0.2) is 5.79 Å². The molecule has 4 atom stereocenters. The van der Waals surface area contributed by atoms with Gasteiger partial charge in [0.05, 0.1) is 69.8 Å². The molecule has 4 amide bonds. The van der Waals surface area contributed by atoms with Crippen molar-refractivity contribution in [1.29, 1.82) is 0 Å². The van der Waals surface area contributed by atoms with E-state index in [1.165, 1.54) is 14.2 Å². The number of fused-ring (bicyclic) bond motifs is 1. The highest BCUT2D eigenvalue weighted by atomic mass is 16.7. The number of aromatic nitrogens is 4. The highest BCUT2D eigenvalue weighted by molar-refractivity contribution is 5.91. The Balaban J connectivity index is 0.831. The minimum Gasteiger partial charge on any atom is -0.453 e. The second-order valence-electron chi connectivity index (χ2n) is 17.7. The third-order valence-electron chi connectivity index (χ3n) is 13.7. The van der Waals surface area contributed by atoms with Crippen LogP contribution >= 0.6 is 0 Å². The van der Waals surface area contributed by atoms with Gasteiger partial charge in [0.2, 0.25) is 5.91 Å². The Morgan fingerprint density at radius 1 is 0.676 bits per heavy atom. The first-order valence-corrected chi connectivity index (χ1v) is 23.1. The SMILES string of the molecule is COC(=O)N[C@H](C(=O)N1CC2(C[C@H]1c1ncc(-c3ccc(-c4ccc5cc(-c6cnc([C@@H]7CCCN7C(=O)[C@H](NC(=O)OC)c7ccccc7)[nH]6)ccc5c4)cc3)[nH]1)OCCO2)C1CCOCC1. The topological polar surface area (TPSA) is 202 Å². The lowest BCUT2D eigenvalue weighted by atomic mass is 9.90. The molecule has 6 aromatic rings. The number of carbonyl (C=O) groups is 4. The molecule has 4 saturated heterocycles. The Bertz CT molecular complexity index is 2780. The molecule has 4 aliphatic rings. The quantitative estimate of drug-likeness (QED) is 0.102. The molecule has 68 heavy (non-hydrogen) atoms. The summed E-state index contributed by atoms with van der Waals surface area (Å²) >= 11 is 0. The first kappa shape index (κ1) is 44.7. The Morgan fingerprint density at radius 3 is 1.97 bits per heavy atom. The van der Waals surface area contributed by atoms with E-state index in [2.05, 4.69) is 81.3 Å². The predicted molar refractivity (Wildman–Crippen MR) is 250 cm³/mol. The fraction of sp³-hybridized carbons (Fsp3) is 0.373. The lowest BCUT2D eigenvalue weighted by Crippen LogP contribution is -2.54. The van der Waals surface area contributed by atoms with Gasteiger partial charge in [0.25, 0.3) is 5.91 Å². The van der Waals surface area contributed by atoms with Crippen LogP contribution in [0.25, 0.3) is 44.4 Å². The number of likely N-dealkylation sites (tertiary alicyclic amines) is 2. The van der Waals surface area contributed by atoms with E-state index < -0.39 is 36.1 Å². The summed E-state index contributed by atoms with van der Waals surface area (Å²) in [4.78, 5) is 73.2. The van der Waals surface area contributed by atoms with Crippen molar-refractivity contribution < 1.29 is 42.9 Å². The summed E-state index contributed by atoms with van der Waals surface area (Å²) in [5.74, 6) is -0.219. The van der Waals surface area contributed by atoms with Crippen LogP contribution in [0.3, 0.4) is 0 Å². The van der Waals surface area contributed by atoms with E-state index >= 15 is 0 Å². The molecule has 2 aromatic heterocycles. The first-order chi connectivity index (χ1) is 33.2. The van der Waals surface area contributed by atoms with Gasteiger partial charge in [-0.15, -0.1) is 0 Å². The molecule has 17 heteroatoms. The number of hydrogen-bond donors (Lipinski definition) is 4. The van der Waals surface area contributed by atoms with E-state index in [-0.39, 0.29) is 30.3 Å². The summed E-state index contributed by atoms with van der Waals surface area (Å²) in [5.41, 5.74) is 6.33. The number of carbonyl (C=O) groups excluding carboxylic acids is 4. The van der Waals surface area contributed by atoms with Gasteiger partial charge in [-0.2, -0.15) is 0 Å². The normalized spacial score (nSPS) is 20.1. The van der Waals surface area contributed by atoms with E-state index in [9.17, 15) is 19.2 Å². The van der Waals surface area contributed by atoms with Crippen LogP contribution < -0.4 is 10.6 Å². The van der Waals surface area contributed by atoms with Crippen molar-refractivity contribution in [2.45, 2.75) is 62.1 Å². The van der Waals surface area contributed by atoms with Crippen molar-refractivity contribution in [1.82, 2.24) is 40.4 Å². The Kier molecular flexibility index (Phi) is 12.7. The van der Waals surface area contributed by atoms with Crippen molar-refractivity contribution in [2.24, 2.45) is 5.92 Å². The summed E-state index contributed by atoms with van der Waals surface area (Å²) in [6.45, 7) is 2.64. The van der Waals surface area contributed by atoms with Crippen LogP contribution in [-0.4, -0.2) is 119 Å². The average Bonchev–Trinajstić information content (AvgIpc) is 4.26. The summed E-state index contributed by atoms with van der Waals surface area (Å²) in [7, 11) is 2.57. The number of amides is 4. The predicted octanol–water partition coefficient (Wildman–Crippen LogP) is 7.22. The van der Waals surface area contributed by atoms with Crippen LogP contribution in [-0.2, 0) is 33.3 Å². The molecule has 4 aromatic carbocycles. The van der Waals surface area contributed by atoms with Gasteiger partial charge in [-0.25, -0.2) is 19.6 Å². The number of imidazole rings is 2. The van der Waals surface area contributed by atoms with Crippen molar-refractivity contribution in [2.75, 3.05) is 53.7 Å². The summed E-state index contributed by atoms with van der Waals surface area (Å²) in [6.07, 6.45) is 5.47. The molecule has 0 saturated carbocycles. The number of nitrogens with one attached hydrogen (secondary N) is 4. The highest BCUT2D eigenvalue weighted by Gasteiger charge is 2.53. The van der Waals surface area contributed by atoms with Gasteiger partial charge in [-0.3, -0.25) is 9.59 Å². The molecule has 0 unspecified atom stereocenters. The standard InChI is InChI=1S/C51H54N8O9/c1-64-49(62)56-43(33-7-4-3-5-8-33)47(60)58-20-6-9-41(58)45-52-29-40(55-45)38-17-16-36-25-35(14-15-37(36)26-38)31-10-12-32(13-11-31)39-28-53-46(54-39)42-27-51(67-23-24-68-51)30-59(42)48(61)44(57-50(63)65-2)34-18-21-66-22-19-34/h3-5,7-8,10-17,25-26,28-29,34,41-44H,6,9,18-24,27,30H2,1-2H3,(H,52,55)(H,53,54)(H,56,62)(H,57,63)/t41-,42-,43+,44-/m0/s1. The fourth-order valence-electron chi connectivity index (χ4n) is 10.1. The number of methoxy groups -OCH3 is 2. The van der Waals surface area contributed by atoms with Crippen LogP contribution in [0.4, 0.5) is 9.59 Å². The number of nitrogens with zero attached hydrogens (tertiary/aromatic N) is 4. The monoisotopic (exact) mass is 922 g/mol. The molecule has 10 rings (SSSR count). The number of H-pyrrole nitrogens is 2. The summed E-state index contributed by atoms with van der Waals surface area (Å²) < 4.78 is 27.5. The average molecular weight is 923 g/mol. The first-order valence-electron chi connectivity index (χ1n) is 23.1. The molecule has 0 radical (unpaired) electrons. The van der Waals surface area contributed by atoms with E-state index in [0.29, 0.717) is 69.4 Å². The molecule has 4 N–H and O–H groups in total. The largest absolute Gasteiger partial charge is 0.453 e. The van der Waals surface area contributed by atoms with E-state index in [1.54, 1.807) is 16.0 Å². The van der Waals surface area contributed by atoms with Crippen molar-refractivity contribution >= 4 is 34.8 Å². The van der Waals surface area contributed by atoms with Gasteiger partial charge in [0, 0.05) is 31.7 Å². The Hall–Kier alpha value is -7.08. The lowest BCUT2D eigenvalue weighted by molar-refractivity contribution is -0.154.